The maximum absolute atomic E-state index is 13.3. The van der Waals surface area contributed by atoms with Crippen LogP contribution in [0.5, 0.6) is 0 Å². The van der Waals surface area contributed by atoms with Gasteiger partial charge in [-0.15, -0.1) is 11.8 Å². The van der Waals surface area contributed by atoms with E-state index >= 15 is 0 Å². The van der Waals surface area contributed by atoms with E-state index in [4.69, 9.17) is 0 Å². The number of thioether (sulfide) groups is 1. The molecule has 0 saturated heterocycles. The van der Waals surface area contributed by atoms with E-state index in [2.05, 4.69) is 17.4 Å². The lowest BCUT2D eigenvalue weighted by molar-refractivity contribution is -0.141. The Morgan fingerprint density at radius 1 is 1.00 bits per heavy atom. The van der Waals surface area contributed by atoms with E-state index in [-0.39, 0.29) is 17.9 Å². The third-order valence-electron chi connectivity index (χ3n) is 5.86. The zero-order valence-electron chi connectivity index (χ0n) is 18.5. The fraction of sp³-hybridized carbons (Fsp3) is 0.462. The molecule has 3 rings (SSSR count). The molecule has 0 aliphatic heterocycles. The molecule has 5 heteroatoms. The van der Waals surface area contributed by atoms with Crippen molar-refractivity contribution in [2.24, 2.45) is 0 Å². The molecule has 2 aromatic rings. The molecule has 0 spiro atoms. The van der Waals surface area contributed by atoms with Gasteiger partial charge in [0.2, 0.25) is 11.8 Å². The van der Waals surface area contributed by atoms with Crippen molar-refractivity contribution >= 4 is 23.6 Å². The molecule has 4 nitrogen and oxygen atoms in total. The summed E-state index contributed by atoms with van der Waals surface area (Å²) in [5.74, 6) is 0.738. The summed E-state index contributed by atoms with van der Waals surface area (Å²) in [6, 6.07) is 19.9. The fourth-order valence-corrected chi connectivity index (χ4v) is 5.02. The third kappa shape index (κ3) is 7.42. The SMILES string of the molecule is CCC(C(=O)NC1CCCCC1)N(Cc1ccccc1)C(=O)CCSc1ccccc1. The number of nitrogens with one attached hydrogen (secondary N) is 1. The van der Waals surface area contributed by atoms with Crippen LogP contribution in [0.1, 0.15) is 57.4 Å². The van der Waals surface area contributed by atoms with E-state index in [1.807, 2.05) is 55.5 Å². The topological polar surface area (TPSA) is 49.4 Å². The second kappa shape index (κ2) is 12.6. The minimum atomic E-state index is -0.434. The molecular formula is C26H34N2O2S. The second-order valence-electron chi connectivity index (χ2n) is 8.19. The largest absolute Gasteiger partial charge is 0.352 e. The van der Waals surface area contributed by atoms with Crippen molar-refractivity contribution in [2.45, 2.75) is 75.4 Å². The van der Waals surface area contributed by atoms with Crippen LogP contribution >= 0.6 is 11.8 Å². The number of carbonyl (C=O) groups excluding carboxylic acids is 2. The Balaban J connectivity index is 1.67. The van der Waals surface area contributed by atoms with E-state index in [9.17, 15) is 9.59 Å². The zero-order valence-corrected chi connectivity index (χ0v) is 19.3. The summed E-state index contributed by atoms with van der Waals surface area (Å²) < 4.78 is 0. The van der Waals surface area contributed by atoms with Gasteiger partial charge in [-0.2, -0.15) is 0 Å². The van der Waals surface area contributed by atoms with E-state index in [1.165, 1.54) is 19.3 Å². The van der Waals surface area contributed by atoms with Crippen LogP contribution in [0.3, 0.4) is 0 Å². The zero-order chi connectivity index (χ0) is 21.9. The Bertz CT molecular complexity index is 807. The molecule has 0 aromatic heterocycles. The van der Waals surface area contributed by atoms with Gasteiger partial charge < -0.3 is 10.2 Å². The summed E-state index contributed by atoms with van der Waals surface area (Å²) in [5, 5.41) is 3.23. The molecule has 166 valence electrons. The van der Waals surface area contributed by atoms with Crippen LogP contribution in [0.4, 0.5) is 0 Å². The average Bonchev–Trinajstić information content (AvgIpc) is 2.81. The van der Waals surface area contributed by atoms with Crippen molar-refractivity contribution in [1.82, 2.24) is 10.2 Å². The Morgan fingerprint density at radius 2 is 1.65 bits per heavy atom. The van der Waals surface area contributed by atoms with Crippen molar-refractivity contribution in [3.05, 3.63) is 66.2 Å². The molecule has 31 heavy (non-hydrogen) atoms. The number of hydrogen-bond donors (Lipinski definition) is 1. The van der Waals surface area contributed by atoms with Crippen molar-refractivity contribution < 1.29 is 9.59 Å². The van der Waals surface area contributed by atoms with E-state index in [0.717, 1.165) is 23.3 Å². The van der Waals surface area contributed by atoms with Crippen LogP contribution in [0.2, 0.25) is 0 Å². The number of carbonyl (C=O) groups is 2. The molecule has 0 radical (unpaired) electrons. The molecule has 2 amide bonds. The smallest absolute Gasteiger partial charge is 0.243 e. The van der Waals surface area contributed by atoms with Crippen molar-refractivity contribution in [3.8, 4) is 0 Å². The van der Waals surface area contributed by atoms with Crippen LogP contribution in [-0.2, 0) is 16.1 Å². The first-order chi connectivity index (χ1) is 15.2. The predicted octanol–water partition coefficient (Wildman–Crippen LogP) is 5.43. The van der Waals surface area contributed by atoms with Gasteiger partial charge in [-0.1, -0.05) is 74.7 Å². The summed E-state index contributed by atoms with van der Waals surface area (Å²) in [7, 11) is 0. The highest BCUT2D eigenvalue weighted by molar-refractivity contribution is 7.99. The normalized spacial score (nSPS) is 15.3. The number of hydrogen-bond acceptors (Lipinski definition) is 3. The number of rotatable bonds is 10. The maximum atomic E-state index is 13.3. The van der Waals surface area contributed by atoms with Gasteiger partial charge in [-0.3, -0.25) is 9.59 Å². The van der Waals surface area contributed by atoms with Gasteiger partial charge in [-0.05, 0) is 37.0 Å². The van der Waals surface area contributed by atoms with Gasteiger partial charge in [0.05, 0.1) is 0 Å². The molecule has 1 atom stereocenters. The van der Waals surface area contributed by atoms with Gasteiger partial charge >= 0.3 is 0 Å². The lowest BCUT2D eigenvalue weighted by Crippen LogP contribution is -2.51. The molecule has 1 fully saturated rings. The molecule has 1 aliphatic carbocycles. The Morgan fingerprint density at radius 3 is 2.29 bits per heavy atom. The second-order valence-corrected chi connectivity index (χ2v) is 9.35. The fourth-order valence-electron chi connectivity index (χ4n) is 4.16. The van der Waals surface area contributed by atoms with Crippen LogP contribution in [0, 0.1) is 0 Å². The van der Waals surface area contributed by atoms with Gasteiger partial charge in [0.1, 0.15) is 6.04 Å². The Labute approximate surface area is 190 Å². The molecule has 0 heterocycles. The number of benzene rings is 2. The molecule has 2 aromatic carbocycles. The first kappa shape index (κ1) is 23.4. The summed E-state index contributed by atoms with van der Waals surface area (Å²) in [6.07, 6.45) is 6.71. The first-order valence-corrected chi connectivity index (χ1v) is 12.5. The highest BCUT2D eigenvalue weighted by atomic mass is 32.2. The van der Waals surface area contributed by atoms with Crippen molar-refractivity contribution in [1.29, 1.82) is 0 Å². The Hall–Kier alpha value is -2.27. The van der Waals surface area contributed by atoms with Crippen molar-refractivity contribution in [2.75, 3.05) is 5.75 Å². The standard InChI is InChI=1S/C26H34N2O2S/c1-2-24(26(30)27-22-14-8-4-9-15-22)28(20-21-12-6-3-7-13-21)25(29)18-19-31-23-16-10-5-11-17-23/h3,5-7,10-13,16-17,22,24H,2,4,8-9,14-15,18-20H2,1H3,(H,27,30). The molecule has 1 aliphatic rings. The van der Waals surface area contributed by atoms with E-state index < -0.39 is 6.04 Å². The number of amides is 2. The molecule has 1 saturated carbocycles. The Kier molecular flexibility index (Phi) is 9.47. The van der Waals surface area contributed by atoms with Crippen LogP contribution < -0.4 is 5.32 Å². The van der Waals surface area contributed by atoms with Gasteiger partial charge in [0, 0.05) is 29.7 Å². The van der Waals surface area contributed by atoms with Crippen LogP contribution in [-0.4, -0.2) is 34.6 Å². The molecule has 0 bridgehead atoms. The third-order valence-corrected chi connectivity index (χ3v) is 6.87. The highest BCUT2D eigenvalue weighted by Gasteiger charge is 2.30. The summed E-state index contributed by atoms with van der Waals surface area (Å²) in [5.41, 5.74) is 1.05. The van der Waals surface area contributed by atoms with Crippen LogP contribution in [0.15, 0.2) is 65.6 Å². The van der Waals surface area contributed by atoms with Crippen LogP contribution in [0.25, 0.3) is 0 Å². The van der Waals surface area contributed by atoms with E-state index in [0.29, 0.717) is 25.1 Å². The summed E-state index contributed by atoms with van der Waals surface area (Å²) in [4.78, 5) is 29.4. The molecule has 1 unspecified atom stereocenters. The van der Waals surface area contributed by atoms with Gasteiger partial charge in [-0.25, -0.2) is 0 Å². The lowest BCUT2D eigenvalue weighted by Gasteiger charge is -2.33. The molecule has 1 N–H and O–H groups in total. The predicted molar refractivity (Wildman–Crippen MR) is 128 cm³/mol. The average molecular weight is 439 g/mol. The van der Waals surface area contributed by atoms with E-state index in [1.54, 1.807) is 16.7 Å². The minimum absolute atomic E-state index is 0.00519. The van der Waals surface area contributed by atoms with Crippen molar-refractivity contribution in [3.63, 3.8) is 0 Å². The minimum Gasteiger partial charge on any atom is -0.352 e. The quantitative estimate of drug-likeness (QED) is 0.504. The number of nitrogens with zero attached hydrogens (tertiary/aromatic N) is 1. The summed E-state index contributed by atoms with van der Waals surface area (Å²) >= 11 is 1.68. The highest BCUT2D eigenvalue weighted by Crippen LogP contribution is 2.21. The van der Waals surface area contributed by atoms with Gasteiger partial charge in [0.25, 0.3) is 0 Å². The van der Waals surface area contributed by atoms with Gasteiger partial charge in [0.15, 0.2) is 0 Å². The summed E-state index contributed by atoms with van der Waals surface area (Å²) in [6.45, 7) is 2.46. The lowest BCUT2D eigenvalue weighted by atomic mass is 9.95. The monoisotopic (exact) mass is 438 g/mol. The molecular weight excluding hydrogens is 404 g/mol. The first-order valence-electron chi connectivity index (χ1n) is 11.5. The maximum Gasteiger partial charge on any atom is 0.243 e.